The number of methoxy groups -OCH3 is 1. The number of carbonyl (C=O) groups is 1. The van der Waals surface area contributed by atoms with Crippen molar-refractivity contribution in [1.29, 1.82) is 0 Å². The Balaban J connectivity index is 3.29. The minimum atomic E-state index is -0.618. The molecule has 6 nitrogen and oxygen atoms in total. The molecule has 1 aromatic carbocycles. The van der Waals surface area contributed by atoms with Gasteiger partial charge in [-0.25, -0.2) is 4.79 Å². The Bertz CT molecular complexity index is 611. The van der Waals surface area contributed by atoms with Gasteiger partial charge in [-0.05, 0) is 11.6 Å². The van der Waals surface area contributed by atoms with Gasteiger partial charge in [-0.15, -0.1) is 0 Å². The third kappa shape index (κ3) is 4.61. The lowest BCUT2D eigenvalue weighted by atomic mass is 10.0. The van der Waals surface area contributed by atoms with Crippen LogP contribution in [0.2, 0.25) is 0 Å². The van der Waals surface area contributed by atoms with Gasteiger partial charge in [-0.1, -0.05) is 47.6 Å². The maximum Gasteiger partial charge on any atom is 0.360 e. The van der Waals surface area contributed by atoms with Gasteiger partial charge in [0.2, 0.25) is 0 Å². The zero-order valence-electron chi connectivity index (χ0n) is 12.6. The lowest BCUT2D eigenvalue weighted by Crippen LogP contribution is -2.18. The summed E-state index contributed by atoms with van der Waals surface area (Å²) in [4.78, 5) is 21.3. The summed E-state index contributed by atoms with van der Waals surface area (Å²) in [6.07, 6.45) is 1.62. The largest absolute Gasteiger partial charge is 0.464 e. The standard InChI is InChI=1S/C15H17ClN2O4/c1-10(17-21-3)13(16)9-11-7-5-6-8-12(11)14(18-22-4)15(19)20-2/h5-9,17H,1H2,2-4H3. The summed E-state index contributed by atoms with van der Waals surface area (Å²) in [7, 11) is 4.06. The Kier molecular flexibility index (Phi) is 7.15. The highest BCUT2D eigenvalue weighted by Crippen LogP contribution is 2.20. The average molecular weight is 325 g/mol. The van der Waals surface area contributed by atoms with Crippen LogP contribution in [0.1, 0.15) is 11.1 Å². The van der Waals surface area contributed by atoms with Gasteiger partial charge in [0.1, 0.15) is 7.11 Å². The Hall–Kier alpha value is -2.31. The number of rotatable bonds is 7. The summed E-state index contributed by atoms with van der Waals surface area (Å²) in [5.41, 5.74) is 4.10. The van der Waals surface area contributed by atoms with E-state index in [2.05, 4.69) is 17.2 Å². The number of nitrogens with zero attached hydrogens (tertiary/aromatic N) is 1. The summed E-state index contributed by atoms with van der Waals surface area (Å²) in [6.45, 7) is 3.72. The molecule has 0 amide bonds. The van der Waals surface area contributed by atoms with Crippen LogP contribution >= 0.6 is 11.6 Å². The number of hydrogen-bond donors (Lipinski definition) is 1. The van der Waals surface area contributed by atoms with Crippen LogP contribution in [-0.4, -0.2) is 33.0 Å². The van der Waals surface area contributed by atoms with Gasteiger partial charge in [0, 0.05) is 5.56 Å². The van der Waals surface area contributed by atoms with Crippen LogP contribution < -0.4 is 5.48 Å². The van der Waals surface area contributed by atoms with Crippen molar-refractivity contribution >= 4 is 29.4 Å². The number of carbonyl (C=O) groups excluding carboxylic acids is 1. The maximum absolute atomic E-state index is 11.8. The zero-order chi connectivity index (χ0) is 16.5. The van der Waals surface area contributed by atoms with Crippen LogP contribution in [-0.2, 0) is 19.2 Å². The van der Waals surface area contributed by atoms with Crippen molar-refractivity contribution in [3.05, 3.63) is 52.7 Å². The van der Waals surface area contributed by atoms with Crippen LogP contribution in [0.5, 0.6) is 0 Å². The minimum absolute atomic E-state index is 0.0339. The number of benzene rings is 1. The molecule has 118 valence electrons. The monoisotopic (exact) mass is 324 g/mol. The highest BCUT2D eigenvalue weighted by molar-refractivity contribution is 6.44. The fraction of sp³-hybridized carbons (Fsp3) is 0.200. The van der Waals surface area contributed by atoms with Gasteiger partial charge in [0.25, 0.3) is 0 Å². The molecule has 0 saturated heterocycles. The second kappa shape index (κ2) is 8.86. The molecule has 1 aromatic rings. The van der Waals surface area contributed by atoms with E-state index < -0.39 is 5.97 Å². The molecule has 7 heteroatoms. The lowest BCUT2D eigenvalue weighted by molar-refractivity contribution is -0.132. The zero-order valence-corrected chi connectivity index (χ0v) is 13.3. The van der Waals surface area contributed by atoms with Crippen LogP contribution in [0.3, 0.4) is 0 Å². The topological polar surface area (TPSA) is 69.1 Å². The highest BCUT2D eigenvalue weighted by Gasteiger charge is 2.18. The molecule has 0 heterocycles. The number of nitrogens with one attached hydrogen (secondary N) is 1. The highest BCUT2D eigenvalue weighted by atomic mass is 35.5. The quantitative estimate of drug-likeness (QED) is 0.361. The van der Waals surface area contributed by atoms with E-state index >= 15 is 0 Å². The van der Waals surface area contributed by atoms with Crippen LogP contribution in [0.25, 0.3) is 6.08 Å². The number of esters is 1. The number of halogens is 1. The Labute approximate surface area is 133 Å². The average Bonchev–Trinajstić information content (AvgIpc) is 2.53. The molecule has 1 N–H and O–H groups in total. The number of ether oxygens (including phenoxy) is 1. The minimum Gasteiger partial charge on any atom is -0.464 e. The van der Waals surface area contributed by atoms with Crippen LogP contribution in [0.15, 0.2) is 46.7 Å². The smallest absolute Gasteiger partial charge is 0.360 e. The second-order valence-electron chi connectivity index (χ2n) is 3.98. The first-order chi connectivity index (χ1) is 10.5. The van der Waals surface area contributed by atoms with E-state index in [-0.39, 0.29) is 5.71 Å². The fourth-order valence-electron chi connectivity index (χ4n) is 1.62. The summed E-state index contributed by atoms with van der Waals surface area (Å²) in [5, 5.41) is 4.04. The molecule has 0 unspecified atom stereocenters. The molecule has 1 rings (SSSR count). The number of allylic oxidation sites excluding steroid dienone is 1. The first-order valence-electron chi connectivity index (χ1n) is 6.19. The summed E-state index contributed by atoms with van der Waals surface area (Å²) in [5.74, 6) is -0.618. The summed E-state index contributed by atoms with van der Waals surface area (Å²) >= 11 is 6.14. The Morgan fingerprint density at radius 1 is 1.32 bits per heavy atom. The molecule has 0 fully saturated rings. The first kappa shape index (κ1) is 17.7. The Morgan fingerprint density at radius 3 is 2.59 bits per heavy atom. The third-order valence-electron chi connectivity index (χ3n) is 2.57. The van der Waals surface area contributed by atoms with Crippen molar-refractivity contribution in [2.75, 3.05) is 21.3 Å². The molecule has 22 heavy (non-hydrogen) atoms. The molecule has 0 atom stereocenters. The van der Waals surface area contributed by atoms with E-state index in [0.717, 1.165) is 0 Å². The van der Waals surface area contributed by atoms with E-state index in [9.17, 15) is 4.79 Å². The van der Waals surface area contributed by atoms with Crippen molar-refractivity contribution in [1.82, 2.24) is 5.48 Å². The fourth-order valence-corrected chi connectivity index (χ4v) is 1.77. The van der Waals surface area contributed by atoms with Crippen molar-refractivity contribution < 1.29 is 19.2 Å². The van der Waals surface area contributed by atoms with Gasteiger partial charge in [0.05, 0.1) is 24.9 Å². The van der Waals surface area contributed by atoms with Crippen molar-refractivity contribution in [2.24, 2.45) is 5.16 Å². The van der Waals surface area contributed by atoms with Crippen LogP contribution in [0, 0.1) is 0 Å². The Morgan fingerprint density at radius 2 is 2.00 bits per heavy atom. The lowest BCUT2D eigenvalue weighted by Gasteiger charge is -2.09. The summed E-state index contributed by atoms with van der Waals surface area (Å²) in [6, 6.07) is 7.04. The molecule has 0 saturated carbocycles. The van der Waals surface area contributed by atoms with Gasteiger partial charge in [-0.2, -0.15) is 0 Å². The normalized spacial score (nSPS) is 11.8. The number of oxime groups is 1. The molecule has 0 aromatic heterocycles. The first-order valence-corrected chi connectivity index (χ1v) is 6.57. The molecule has 0 radical (unpaired) electrons. The van der Waals surface area contributed by atoms with E-state index in [1.54, 1.807) is 30.3 Å². The van der Waals surface area contributed by atoms with Crippen molar-refractivity contribution in [3.63, 3.8) is 0 Å². The molecule has 0 aliphatic rings. The van der Waals surface area contributed by atoms with Crippen LogP contribution in [0.4, 0.5) is 0 Å². The van der Waals surface area contributed by atoms with Gasteiger partial charge >= 0.3 is 5.97 Å². The molecule has 0 bridgehead atoms. The van der Waals surface area contributed by atoms with Gasteiger partial charge in [-0.3, -0.25) is 10.3 Å². The maximum atomic E-state index is 11.8. The second-order valence-corrected chi connectivity index (χ2v) is 4.39. The molecule has 0 spiro atoms. The third-order valence-corrected chi connectivity index (χ3v) is 2.91. The molecule has 0 aliphatic heterocycles. The van der Waals surface area contributed by atoms with E-state index in [1.807, 2.05) is 0 Å². The van der Waals surface area contributed by atoms with E-state index in [1.165, 1.54) is 21.3 Å². The number of hydrogen-bond acceptors (Lipinski definition) is 6. The molecule has 0 aliphatic carbocycles. The summed E-state index contributed by atoms with van der Waals surface area (Å²) < 4.78 is 4.71. The predicted octanol–water partition coefficient (Wildman–Crippen LogP) is 2.45. The van der Waals surface area contributed by atoms with E-state index in [4.69, 9.17) is 26.0 Å². The molecular weight excluding hydrogens is 308 g/mol. The van der Waals surface area contributed by atoms with E-state index in [0.29, 0.717) is 21.9 Å². The van der Waals surface area contributed by atoms with Crippen molar-refractivity contribution in [2.45, 2.75) is 0 Å². The molecular formula is C15H17ClN2O4. The number of hydroxylamine groups is 1. The SMILES string of the molecule is C=C(NOC)C(Cl)=Cc1ccccc1C(=NOC)C(=O)OC. The predicted molar refractivity (Wildman–Crippen MR) is 85.1 cm³/mol. The van der Waals surface area contributed by atoms with Gasteiger partial charge < -0.3 is 9.57 Å². The van der Waals surface area contributed by atoms with Gasteiger partial charge in [0.15, 0.2) is 5.71 Å². The van der Waals surface area contributed by atoms with Crippen molar-refractivity contribution in [3.8, 4) is 0 Å².